The van der Waals surface area contributed by atoms with Gasteiger partial charge in [-0.25, -0.2) is 15.0 Å². The van der Waals surface area contributed by atoms with Crippen molar-refractivity contribution in [3.8, 4) is 62.1 Å². The van der Waals surface area contributed by atoms with Crippen LogP contribution < -0.4 is 0 Å². The number of para-hydroxylation sites is 2. The van der Waals surface area contributed by atoms with Gasteiger partial charge in [-0.3, -0.25) is 0 Å². The highest BCUT2D eigenvalue weighted by molar-refractivity contribution is 6.10. The van der Waals surface area contributed by atoms with Crippen molar-refractivity contribution in [2.75, 3.05) is 0 Å². The molecule has 3 heterocycles. The van der Waals surface area contributed by atoms with E-state index in [1.54, 1.807) is 0 Å². The SMILES string of the molecule is c1ccc(-c2cccc(-n3c4ccccc4c4cc(-c5nc(-c6ccccc6)nc(-c6ccc(-c7ccc8oc9ccccc9c8c7)cc6)n5)ccc43)c2)cc1. The Morgan fingerprint density at radius 2 is 0.804 bits per heavy atom. The molecule has 0 aliphatic carbocycles. The summed E-state index contributed by atoms with van der Waals surface area (Å²) in [5.74, 6) is 1.88. The van der Waals surface area contributed by atoms with Crippen molar-refractivity contribution in [3.63, 3.8) is 0 Å². The van der Waals surface area contributed by atoms with Gasteiger partial charge in [0.1, 0.15) is 11.2 Å². The van der Waals surface area contributed by atoms with E-state index in [9.17, 15) is 0 Å². The topological polar surface area (TPSA) is 56.7 Å². The summed E-state index contributed by atoms with van der Waals surface area (Å²) in [6.45, 7) is 0. The van der Waals surface area contributed by atoms with Crippen LogP contribution in [0.4, 0.5) is 0 Å². The normalized spacial score (nSPS) is 11.6. The van der Waals surface area contributed by atoms with E-state index in [0.29, 0.717) is 17.5 Å². The highest BCUT2D eigenvalue weighted by Gasteiger charge is 2.17. The van der Waals surface area contributed by atoms with Crippen molar-refractivity contribution in [2.24, 2.45) is 0 Å². The number of hydrogen-bond acceptors (Lipinski definition) is 4. The zero-order chi connectivity index (χ0) is 37.0. The fraction of sp³-hybridized carbons (Fsp3) is 0. The number of nitrogens with zero attached hydrogens (tertiary/aromatic N) is 4. The minimum absolute atomic E-state index is 0.622. The second-order valence-electron chi connectivity index (χ2n) is 14.1. The average Bonchev–Trinajstić information content (AvgIpc) is 3.82. The third-order valence-electron chi connectivity index (χ3n) is 10.7. The molecule has 0 atom stereocenters. The first-order valence-electron chi connectivity index (χ1n) is 18.8. The highest BCUT2D eigenvalue weighted by Crippen LogP contribution is 2.37. The van der Waals surface area contributed by atoms with Gasteiger partial charge in [0.15, 0.2) is 17.5 Å². The summed E-state index contributed by atoms with van der Waals surface area (Å²) in [5.41, 5.74) is 12.5. The molecule has 0 spiro atoms. The molecule has 5 heteroatoms. The molecule has 5 nitrogen and oxygen atoms in total. The number of fused-ring (bicyclic) bond motifs is 6. The van der Waals surface area contributed by atoms with Gasteiger partial charge in [-0.15, -0.1) is 0 Å². The molecule has 0 saturated carbocycles. The molecule has 56 heavy (non-hydrogen) atoms. The van der Waals surface area contributed by atoms with Gasteiger partial charge in [0.2, 0.25) is 0 Å². The molecule has 0 saturated heterocycles. The molecule has 11 aromatic rings. The lowest BCUT2D eigenvalue weighted by Gasteiger charge is -2.11. The Balaban J connectivity index is 1.02. The van der Waals surface area contributed by atoms with E-state index in [1.165, 1.54) is 16.5 Å². The summed E-state index contributed by atoms with van der Waals surface area (Å²) in [6, 6.07) is 67.6. The van der Waals surface area contributed by atoms with Crippen LogP contribution in [0.5, 0.6) is 0 Å². The summed E-state index contributed by atoms with van der Waals surface area (Å²) < 4.78 is 8.43. The maximum Gasteiger partial charge on any atom is 0.164 e. The molecule has 0 aliphatic heterocycles. The maximum atomic E-state index is 6.08. The molecule has 0 unspecified atom stereocenters. The molecule has 0 fully saturated rings. The highest BCUT2D eigenvalue weighted by atomic mass is 16.3. The van der Waals surface area contributed by atoms with Crippen molar-refractivity contribution in [1.82, 2.24) is 19.5 Å². The third kappa shape index (κ3) is 5.45. The Morgan fingerprint density at radius 1 is 0.304 bits per heavy atom. The molecule has 0 aliphatic rings. The van der Waals surface area contributed by atoms with Gasteiger partial charge in [-0.1, -0.05) is 140 Å². The molecule has 0 bridgehead atoms. The summed E-state index contributed by atoms with van der Waals surface area (Å²) in [5, 5.41) is 4.53. The second-order valence-corrected chi connectivity index (χ2v) is 14.1. The molecular weight excluding hydrogens is 685 g/mol. The number of aromatic nitrogens is 4. The first kappa shape index (κ1) is 31.9. The van der Waals surface area contributed by atoms with Crippen LogP contribution >= 0.6 is 0 Å². The van der Waals surface area contributed by atoms with Gasteiger partial charge in [0.25, 0.3) is 0 Å². The minimum atomic E-state index is 0.622. The van der Waals surface area contributed by atoms with E-state index >= 15 is 0 Å². The molecule has 0 radical (unpaired) electrons. The molecular formula is C51H32N4O. The van der Waals surface area contributed by atoms with Crippen LogP contribution in [0.2, 0.25) is 0 Å². The molecule has 0 N–H and O–H groups in total. The first-order chi connectivity index (χ1) is 27.7. The Bertz CT molecular complexity index is 3240. The van der Waals surface area contributed by atoms with Gasteiger partial charge in [0, 0.05) is 43.9 Å². The fourth-order valence-corrected chi connectivity index (χ4v) is 7.91. The monoisotopic (exact) mass is 716 g/mol. The van der Waals surface area contributed by atoms with Crippen LogP contribution in [0.1, 0.15) is 0 Å². The standard InChI is InChI=1S/C51H32N4O/c1-3-12-33(13-4-1)37-16-11-17-40(30-37)55-45-20-9-7-18-41(45)43-32-39(26-28-46(43)55)51-53-49(35-14-5-2-6-15-35)52-50(54-51)36-24-22-34(23-25-36)38-27-29-48-44(31-38)42-19-8-10-21-47(42)56-48/h1-32H. The molecule has 262 valence electrons. The van der Waals surface area contributed by atoms with Gasteiger partial charge >= 0.3 is 0 Å². The van der Waals surface area contributed by atoms with Gasteiger partial charge < -0.3 is 8.98 Å². The van der Waals surface area contributed by atoms with E-state index in [1.807, 2.05) is 48.5 Å². The predicted molar refractivity (Wildman–Crippen MR) is 229 cm³/mol. The van der Waals surface area contributed by atoms with Crippen molar-refractivity contribution in [2.45, 2.75) is 0 Å². The summed E-state index contributed by atoms with van der Waals surface area (Å²) in [4.78, 5) is 15.2. The van der Waals surface area contributed by atoms with Crippen LogP contribution in [-0.2, 0) is 0 Å². The molecule has 3 aromatic heterocycles. The van der Waals surface area contributed by atoms with Crippen LogP contribution in [0.3, 0.4) is 0 Å². The van der Waals surface area contributed by atoms with Crippen LogP contribution in [0.25, 0.3) is 106 Å². The summed E-state index contributed by atoms with van der Waals surface area (Å²) >= 11 is 0. The Morgan fingerprint density at radius 3 is 1.59 bits per heavy atom. The summed E-state index contributed by atoms with van der Waals surface area (Å²) in [6.07, 6.45) is 0. The van der Waals surface area contributed by atoms with E-state index in [4.69, 9.17) is 19.4 Å². The minimum Gasteiger partial charge on any atom is -0.456 e. The smallest absolute Gasteiger partial charge is 0.164 e. The number of hydrogen-bond donors (Lipinski definition) is 0. The lowest BCUT2D eigenvalue weighted by molar-refractivity contribution is 0.669. The van der Waals surface area contributed by atoms with Gasteiger partial charge in [0.05, 0.1) is 11.0 Å². The zero-order valence-corrected chi connectivity index (χ0v) is 30.2. The van der Waals surface area contributed by atoms with Crippen LogP contribution in [0.15, 0.2) is 199 Å². The number of benzene rings is 8. The van der Waals surface area contributed by atoms with E-state index in [0.717, 1.165) is 71.9 Å². The van der Waals surface area contributed by atoms with E-state index < -0.39 is 0 Å². The quantitative estimate of drug-likeness (QED) is 0.172. The lowest BCUT2D eigenvalue weighted by Crippen LogP contribution is -2.00. The van der Waals surface area contributed by atoms with Crippen LogP contribution in [-0.4, -0.2) is 19.5 Å². The summed E-state index contributed by atoms with van der Waals surface area (Å²) in [7, 11) is 0. The lowest BCUT2D eigenvalue weighted by atomic mass is 10.0. The molecule has 0 amide bonds. The largest absolute Gasteiger partial charge is 0.456 e. The number of furan rings is 1. The average molecular weight is 717 g/mol. The first-order valence-corrected chi connectivity index (χ1v) is 18.8. The Kier molecular flexibility index (Phi) is 7.42. The van der Waals surface area contributed by atoms with E-state index in [-0.39, 0.29) is 0 Å². The van der Waals surface area contributed by atoms with Crippen molar-refractivity contribution in [1.29, 1.82) is 0 Å². The Labute approximate surface area is 322 Å². The molecule has 11 rings (SSSR count). The molecule has 8 aromatic carbocycles. The Hall–Kier alpha value is -7.63. The van der Waals surface area contributed by atoms with Gasteiger partial charge in [-0.05, 0) is 76.9 Å². The predicted octanol–water partition coefficient (Wildman–Crippen LogP) is 13.2. The maximum absolute atomic E-state index is 6.08. The van der Waals surface area contributed by atoms with E-state index in [2.05, 4.69) is 150 Å². The van der Waals surface area contributed by atoms with Crippen LogP contribution in [0, 0.1) is 0 Å². The zero-order valence-electron chi connectivity index (χ0n) is 30.2. The van der Waals surface area contributed by atoms with Crippen molar-refractivity contribution >= 4 is 43.7 Å². The third-order valence-corrected chi connectivity index (χ3v) is 10.7. The van der Waals surface area contributed by atoms with Crippen molar-refractivity contribution in [3.05, 3.63) is 194 Å². The second kappa shape index (κ2) is 13.0. The van der Waals surface area contributed by atoms with Crippen molar-refractivity contribution < 1.29 is 4.42 Å². The van der Waals surface area contributed by atoms with Gasteiger partial charge in [-0.2, -0.15) is 0 Å². The number of rotatable bonds is 6. The fourth-order valence-electron chi connectivity index (χ4n) is 7.91.